The van der Waals surface area contributed by atoms with Crippen molar-refractivity contribution in [1.29, 1.82) is 0 Å². The van der Waals surface area contributed by atoms with E-state index in [2.05, 4.69) is 17.6 Å². The van der Waals surface area contributed by atoms with E-state index < -0.39 is 10.0 Å². The average molecular weight is 416 g/mol. The van der Waals surface area contributed by atoms with Crippen LogP contribution in [0.25, 0.3) is 0 Å². The summed E-state index contributed by atoms with van der Waals surface area (Å²) in [5.41, 5.74) is 1.03. The van der Waals surface area contributed by atoms with E-state index in [0.29, 0.717) is 30.8 Å². The van der Waals surface area contributed by atoms with Crippen LogP contribution in [-0.2, 0) is 14.8 Å². The predicted octanol–water partition coefficient (Wildman–Crippen LogP) is 2.07. The normalized spacial score (nSPS) is 24.8. The minimum absolute atomic E-state index is 0. The van der Waals surface area contributed by atoms with Gasteiger partial charge in [-0.1, -0.05) is 17.7 Å². The van der Waals surface area contributed by atoms with Crippen molar-refractivity contribution in [2.24, 2.45) is 5.92 Å². The number of halogens is 1. The Hall–Kier alpha value is -1.15. The summed E-state index contributed by atoms with van der Waals surface area (Å²) < 4.78 is 27.0. The van der Waals surface area contributed by atoms with Crippen molar-refractivity contribution in [3.63, 3.8) is 0 Å². The maximum absolute atomic E-state index is 12.8. The standard InChI is InChI=1S/C19H29N3O3S.ClH/c1-14-5-7-17(8-6-14)26(24,25)22-12-9-16(10-13-22)19(23)21-18-4-3-11-20-15(18)2;/h5-8,15-16,18,20H,3-4,9-13H2,1-2H3,(H,21,23);1H. The number of sulfonamides is 1. The van der Waals surface area contributed by atoms with Crippen molar-refractivity contribution in [1.82, 2.24) is 14.9 Å². The number of amides is 1. The molecule has 0 saturated carbocycles. The Morgan fingerprint density at radius 2 is 1.78 bits per heavy atom. The molecule has 2 saturated heterocycles. The highest BCUT2D eigenvalue weighted by atomic mass is 35.5. The lowest BCUT2D eigenvalue weighted by atomic mass is 9.94. The number of carbonyl (C=O) groups excluding carboxylic acids is 1. The van der Waals surface area contributed by atoms with Gasteiger partial charge in [-0.05, 0) is 58.2 Å². The summed E-state index contributed by atoms with van der Waals surface area (Å²) in [5.74, 6) is -0.0356. The lowest BCUT2D eigenvalue weighted by Crippen LogP contribution is -2.54. The van der Waals surface area contributed by atoms with Crippen molar-refractivity contribution in [2.75, 3.05) is 19.6 Å². The van der Waals surface area contributed by atoms with Gasteiger partial charge in [-0.2, -0.15) is 4.31 Å². The number of rotatable bonds is 4. The molecule has 0 aromatic heterocycles. The predicted molar refractivity (Wildman–Crippen MR) is 109 cm³/mol. The Kier molecular flexibility index (Phi) is 7.68. The Bertz CT molecular complexity index is 731. The van der Waals surface area contributed by atoms with Crippen LogP contribution in [0.5, 0.6) is 0 Å². The fourth-order valence-electron chi connectivity index (χ4n) is 3.76. The summed E-state index contributed by atoms with van der Waals surface area (Å²) >= 11 is 0. The van der Waals surface area contributed by atoms with Crippen LogP contribution in [0, 0.1) is 12.8 Å². The van der Waals surface area contributed by atoms with Gasteiger partial charge in [-0.25, -0.2) is 8.42 Å². The van der Waals surface area contributed by atoms with Crippen LogP contribution in [0.1, 0.15) is 38.2 Å². The van der Waals surface area contributed by atoms with Crippen LogP contribution < -0.4 is 10.6 Å². The van der Waals surface area contributed by atoms with Gasteiger partial charge in [0.2, 0.25) is 15.9 Å². The van der Waals surface area contributed by atoms with E-state index in [-0.39, 0.29) is 36.3 Å². The number of hydrogen-bond donors (Lipinski definition) is 2. The van der Waals surface area contributed by atoms with Crippen molar-refractivity contribution in [3.8, 4) is 0 Å². The Labute approximate surface area is 168 Å². The molecular formula is C19H30ClN3O3S. The van der Waals surface area contributed by atoms with Crippen molar-refractivity contribution >= 4 is 28.3 Å². The van der Waals surface area contributed by atoms with Gasteiger partial charge in [0.1, 0.15) is 0 Å². The van der Waals surface area contributed by atoms with E-state index >= 15 is 0 Å². The zero-order chi connectivity index (χ0) is 18.7. The molecule has 3 rings (SSSR count). The fourth-order valence-corrected chi connectivity index (χ4v) is 5.23. The molecule has 2 aliphatic heterocycles. The first-order valence-electron chi connectivity index (χ1n) is 9.48. The highest BCUT2D eigenvalue weighted by molar-refractivity contribution is 7.89. The zero-order valence-electron chi connectivity index (χ0n) is 16.0. The molecule has 0 radical (unpaired) electrons. The van der Waals surface area contributed by atoms with Gasteiger partial charge in [-0.3, -0.25) is 4.79 Å². The summed E-state index contributed by atoms with van der Waals surface area (Å²) in [7, 11) is -3.47. The number of hydrogen-bond acceptors (Lipinski definition) is 4. The van der Waals surface area contributed by atoms with E-state index in [1.54, 1.807) is 12.1 Å². The van der Waals surface area contributed by atoms with E-state index in [4.69, 9.17) is 0 Å². The third-order valence-electron chi connectivity index (χ3n) is 5.57. The third-order valence-corrected chi connectivity index (χ3v) is 7.49. The molecular weight excluding hydrogens is 386 g/mol. The molecule has 27 heavy (non-hydrogen) atoms. The molecule has 1 aromatic rings. The zero-order valence-corrected chi connectivity index (χ0v) is 17.6. The first kappa shape index (κ1) is 22.1. The summed E-state index contributed by atoms with van der Waals surface area (Å²) in [6.07, 6.45) is 3.22. The molecule has 8 heteroatoms. The molecule has 0 bridgehead atoms. The molecule has 2 aliphatic rings. The highest BCUT2D eigenvalue weighted by Crippen LogP contribution is 2.24. The van der Waals surface area contributed by atoms with Crippen LogP contribution >= 0.6 is 12.4 Å². The van der Waals surface area contributed by atoms with Gasteiger partial charge in [0.25, 0.3) is 0 Å². The van der Waals surface area contributed by atoms with Gasteiger partial charge in [0.05, 0.1) is 4.90 Å². The van der Waals surface area contributed by atoms with E-state index in [0.717, 1.165) is 24.9 Å². The number of nitrogens with one attached hydrogen (secondary N) is 2. The Morgan fingerprint density at radius 1 is 1.15 bits per heavy atom. The molecule has 2 fully saturated rings. The number of benzene rings is 1. The monoisotopic (exact) mass is 415 g/mol. The lowest BCUT2D eigenvalue weighted by molar-refractivity contribution is -0.127. The minimum atomic E-state index is -3.47. The van der Waals surface area contributed by atoms with Crippen LogP contribution in [0.15, 0.2) is 29.2 Å². The molecule has 2 N–H and O–H groups in total. The topological polar surface area (TPSA) is 78.5 Å². The molecule has 2 heterocycles. The van der Waals surface area contributed by atoms with Crippen LogP contribution in [0.4, 0.5) is 0 Å². The van der Waals surface area contributed by atoms with Crippen LogP contribution in [0.2, 0.25) is 0 Å². The molecule has 1 amide bonds. The Morgan fingerprint density at radius 3 is 2.37 bits per heavy atom. The average Bonchev–Trinajstić information content (AvgIpc) is 2.64. The maximum atomic E-state index is 12.8. The largest absolute Gasteiger partial charge is 0.352 e. The third kappa shape index (κ3) is 5.22. The molecule has 2 atom stereocenters. The van der Waals surface area contributed by atoms with Gasteiger partial charge in [0, 0.05) is 31.1 Å². The smallest absolute Gasteiger partial charge is 0.243 e. The van der Waals surface area contributed by atoms with Gasteiger partial charge in [0.15, 0.2) is 0 Å². The number of aryl methyl sites for hydroxylation is 1. The maximum Gasteiger partial charge on any atom is 0.243 e. The van der Waals surface area contributed by atoms with Gasteiger partial charge in [-0.15, -0.1) is 12.4 Å². The highest BCUT2D eigenvalue weighted by Gasteiger charge is 2.33. The van der Waals surface area contributed by atoms with E-state index in [1.165, 1.54) is 4.31 Å². The van der Waals surface area contributed by atoms with Crippen LogP contribution in [0.3, 0.4) is 0 Å². The number of piperidine rings is 2. The summed E-state index contributed by atoms with van der Waals surface area (Å²) in [5, 5.41) is 6.55. The number of nitrogens with zero attached hydrogens (tertiary/aromatic N) is 1. The van der Waals surface area contributed by atoms with Gasteiger partial charge >= 0.3 is 0 Å². The second kappa shape index (κ2) is 9.37. The van der Waals surface area contributed by atoms with E-state index in [1.807, 2.05) is 19.1 Å². The summed E-state index contributed by atoms with van der Waals surface area (Å²) in [6, 6.07) is 7.39. The van der Waals surface area contributed by atoms with Crippen molar-refractivity contribution in [3.05, 3.63) is 29.8 Å². The molecule has 152 valence electrons. The molecule has 2 unspecified atom stereocenters. The minimum Gasteiger partial charge on any atom is -0.352 e. The molecule has 6 nitrogen and oxygen atoms in total. The van der Waals surface area contributed by atoms with Crippen molar-refractivity contribution < 1.29 is 13.2 Å². The Balaban J connectivity index is 0.00000261. The summed E-state index contributed by atoms with van der Waals surface area (Å²) in [6.45, 7) is 5.83. The SMILES string of the molecule is Cc1ccc(S(=O)(=O)N2CCC(C(=O)NC3CCCNC3C)CC2)cc1.Cl. The molecule has 1 aromatic carbocycles. The second-order valence-electron chi connectivity index (χ2n) is 7.49. The quantitative estimate of drug-likeness (QED) is 0.789. The first-order chi connectivity index (χ1) is 12.4. The van der Waals surface area contributed by atoms with Crippen LogP contribution in [-0.4, -0.2) is 50.3 Å². The fraction of sp³-hybridized carbons (Fsp3) is 0.632. The second-order valence-corrected chi connectivity index (χ2v) is 9.43. The first-order valence-corrected chi connectivity index (χ1v) is 10.9. The van der Waals surface area contributed by atoms with Crippen molar-refractivity contribution in [2.45, 2.75) is 56.5 Å². The van der Waals surface area contributed by atoms with E-state index in [9.17, 15) is 13.2 Å². The lowest BCUT2D eigenvalue weighted by Gasteiger charge is -2.34. The molecule has 0 aliphatic carbocycles. The van der Waals surface area contributed by atoms with Gasteiger partial charge < -0.3 is 10.6 Å². The summed E-state index contributed by atoms with van der Waals surface area (Å²) in [4.78, 5) is 12.9. The molecule has 0 spiro atoms. The number of carbonyl (C=O) groups is 1.